The number of hydrogen-bond acceptors (Lipinski definition) is 5. The number of esters is 1. The number of benzene rings is 2. The molecule has 29 heavy (non-hydrogen) atoms. The molecule has 0 bridgehead atoms. The first-order valence-corrected chi connectivity index (χ1v) is 9.67. The minimum atomic E-state index is -0.950. The number of ketones is 1. The molecule has 0 aliphatic rings. The molecular weight excluding hydrogens is 370 g/mol. The van der Waals surface area contributed by atoms with E-state index in [1.165, 1.54) is 6.92 Å². The van der Waals surface area contributed by atoms with Gasteiger partial charge in [0.2, 0.25) is 5.78 Å². The summed E-state index contributed by atoms with van der Waals surface area (Å²) < 4.78 is 10.7. The van der Waals surface area contributed by atoms with Crippen molar-refractivity contribution in [3.8, 4) is 5.75 Å². The predicted molar refractivity (Wildman–Crippen MR) is 110 cm³/mol. The van der Waals surface area contributed by atoms with Gasteiger partial charge < -0.3 is 14.8 Å². The number of Topliss-reactive ketones (excluding diaryl/α,β-unsaturated/α-hetero) is 1. The minimum Gasteiger partial charge on any atom is -0.494 e. The van der Waals surface area contributed by atoms with Crippen molar-refractivity contribution in [3.05, 3.63) is 65.7 Å². The van der Waals surface area contributed by atoms with E-state index in [0.29, 0.717) is 23.5 Å². The van der Waals surface area contributed by atoms with Gasteiger partial charge in [-0.25, -0.2) is 4.79 Å². The molecule has 0 heterocycles. The average Bonchev–Trinajstić information content (AvgIpc) is 2.72. The zero-order valence-electron chi connectivity index (χ0n) is 17.2. The number of carbonyl (C=O) groups is 3. The molecule has 0 aliphatic carbocycles. The lowest BCUT2D eigenvalue weighted by atomic mass is 10.0. The van der Waals surface area contributed by atoms with Crippen LogP contribution >= 0.6 is 0 Å². The van der Waals surface area contributed by atoms with E-state index in [1.54, 1.807) is 68.4 Å². The topological polar surface area (TPSA) is 81.7 Å². The van der Waals surface area contributed by atoms with E-state index in [0.717, 1.165) is 0 Å². The van der Waals surface area contributed by atoms with Crippen molar-refractivity contribution in [2.45, 2.75) is 39.8 Å². The van der Waals surface area contributed by atoms with Crippen molar-refractivity contribution in [3.63, 3.8) is 0 Å². The highest BCUT2D eigenvalue weighted by Gasteiger charge is 2.29. The Morgan fingerprint density at radius 3 is 2.07 bits per heavy atom. The SMILES string of the molecule is CCOc1ccc(C(=O)N[C@H](C(=O)OC(C)C(=O)c2ccccc2)C(C)C)cc1. The molecule has 1 amide bonds. The van der Waals surface area contributed by atoms with Crippen LogP contribution in [0.2, 0.25) is 0 Å². The van der Waals surface area contributed by atoms with Crippen molar-refractivity contribution in [1.29, 1.82) is 0 Å². The van der Waals surface area contributed by atoms with Crippen LogP contribution in [0.4, 0.5) is 0 Å². The molecule has 154 valence electrons. The summed E-state index contributed by atoms with van der Waals surface area (Å²) in [6.45, 7) is 7.54. The maximum absolute atomic E-state index is 12.6. The summed E-state index contributed by atoms with van der Waals surface area (Å²) >= 11 is 0. The van der Waals surface area contributed by atoms with Crippen molar-refractivity contribution in [1.82, 2.24) is 5.32 Å². The van der Waals surface area contributed by atoms with Gasteiger partial charge in [0.1, 0.15) is 11.8 Å². The molecule has 0 aliphatic heterocycles. The Morgan fingerprint density at radius 2 is 1.52 bits per heavy atom. The van der Waals surface area contributed by atoms with Gasteiger partial charge in [0.25, 0.3) is 5.91 Å². The normalized spacial score (nSPS) is 12.7. The van der Waals surface area contributed by atoms with Gasteiger partial charge in [-0.2, -0.15) is 0 Å². The molecule has 2 atom stereocenters. The highest BCUT2D eigenvalue weighted by molar-refractivity contribution is 6.01. The second kappa shape index (κ2) is 10.4. The lowest BCUT2D eigenvalue weighted by molar-refractivity contribution is -0.149. The standard InChI is InChI=1S/C23H27NO5/c1-5-28-19-13-11-18(12-14-19)22(26)24-20(15(2)3)23(27)29-16(4)21(25)17-9-7-6-8-10-17/h6-16,20H,5H2,1-4H3,(H,24,26)/t16?,20-/m0/s1. The summed E-state index contributed by atoms with van der Waals surface area (Å²) in [5.41, 5.74) is 0.868. The lowest BCUT2D eigenvalue weighted by Crippen LogP contribution is -2.46. The molecule has 0 saturated heterocycles. The van der Waals surface area contributed by atoms with E-state index < -0.39 is 24.0 Å². The van der Waals surface area contributed by atoms with Crippen LogP contribution in [0.15, 0.2) is 54.6 Å². The molecule has 1 N–H and O–H groups in total. The van der Waals surface area contributed by atoms with Gasteiger partial charge in [-0.3, -0.25) is 9.59 Å². The quantitative estimate of drug-likeness (QED) is 0.516. The molecule has 2 rings (SSSR count). The first-order valence-electron chi connectivity index (χ1n) is 9.67. The fourth-order valence-corrected chi connectivity index (χ4v) is 2.73. The van der Waals surface area contributed by atoms with Gasteiger partial charge >= 0.3 is 5.97 Å². The van der Waals surface area contributed by atoms with Crippen molar-refractivity contribution < 1.29 is 23.9 Å². The summed E-state index contributed by atoms with van der Waals surface area (Å²) in [7, 11) is 0. The Kier molecular flexibility index (Phi) is 7.95. The maximum atomic E-state index is 12.6. The first-order chi connectivity index (χ1) is 13.8. The van der Waals surface area contributed by atoms with Crippen molar-refractivity contribution in [2.75, 3.05) is 6.61 Å². The summed E-state index contributed by atoms with van der Waals surface area (Å²) in [5, 5.41) is 2.70. The van der Waals surface area contributed by atoms with E-state index in [-0.39, 0.29) is 11.7 Å². The molecule has 6 nitrogen and oxygen atoms in total. The van der Waals surface area contributed by atoms with E-state index in [9.17, 15) is 14.4 Å². The highest BCUT2D eigenvalue weighted by Crippen LogP contribution is 2.14. The van der Waals surface area contributed by atoms with Crippen LogP contribution in [0.25, 0.3) is 0 Å². The largest absolute Gasteiger partial charge is 0.494 e. The average molecular weight is 397 g/mol. The second-order valence-corrected chi connectivity index (χ2v) is 6.96. The van der Waals surface area contributed by atoms with E-state index >= 15 is 0 Å². The Bertz CT molecular complexity index is 830. The van der Waals surface area contributed by atoms with Crippen LogP contribution in [0.1, 0.15) is 48.4 Å². The van der Waals surface area contributed by atoms with E-state index in [1.807, 2.05) is 6.92 Å². The van der Waals surface area contributed by atoms with E-state index in [4.69, 9.17) is 9.47 Å². The third-order valence-electron chi connectivity index (χ3n) is 4.36. The molecule has 0 fully saturated rings. The molecule has 6 heteroatoms. The van der Waals surface area contributed by atoms with Gasteiger partial charge in [-0.05, 0) is 44.0 Å². The third kappa shape index (κ3) is 6.17. The molecule has 1 unspecified atom stereocenters. The predicted octanol–water partition coefficient (Wildman–Crippen LogP) is 3.65. The van der Waals surface area contributed by atoms with Crippen LogP contribution in [-0.2, 0) is 9.53 Å². The number of amides is 1. The molecule has 0 spiro atoms. The number of carbonyl (C=O) groups excluding carboxylic acids is 3. The number of hydrogen-bond donors (Lipinski definition) is 1. The zero-order chi connectivity index (χ0) is 21.4. The summed E-state index contributed by atoms with van der Waals surface area (Å²) in [5.74, 6) is -0.883. The Hall–Kier alpha value is -3.15. The second-order valence-electron chi connectivity index (χ2n) is 6.96. The molecular formula is C23H27NO5. The molecule has 2 aromatic carbocycles. The molecule has 0 saturated carbocycles. The first kappa shape index (κ1) is 22.1. The van der Waals surface area contributed by atoms with Crippen LogP contribution in [0.3, 0.4) is 0 Å². The Labute approximate surface area is 171 Å². The Morgan fingerprint density at radius 1 is 0.897 bits per heavy atom. The van der Waals surface area contributed by atoms with Crippen LogP contribution in [-0.4, -0.2) is 36.4 Å². The Balaban J connectivity index is 2.03. The van der Waals surface area contributed by atoms with Crippen LogP contribution < -0.4 is 10.1 Å². The van der Waals surface area contributed by atoms with Gasteiger partial charge in [-0.15, -0.1) is 0 Å². The fourth-order valence-electron chi connectivity index (χ4n) is 2.73. The molecule has 0 aromatic heterocycles. The zero-order valence-corrected chi connectivity index (χ0v) is 17.2. The fraction of sp³-hybridized carbons (Fsp3) is 0.348. The molecule has 0 radical (unpaired) electrons. The van der Waals surface area contributed by atoms with Crippen molar-refractivity contribution >= 4 is 17.7 Å². The van der Waals surface area contributed by atoms with Crippen molar-refractivity contribution in [2.24, 2.45) is 5.92 Å². The van der Waals surface area contributed by atoms with Gasteiger partial charge in [0.05, 0.1) is 6.61 Å². The number of rotatable bonds is 9. The van der Waals surface area contributed by atoms with E-state index in [2.05, 4.69) is 5.32 Å². The van der Waals surface area contributed by atoms with Gasteiger partial charge in [-0.1, -0.05) is 44.2 Å². The number of nitrogens with one attached hydrogen (secondary N) is 1. The van der Waals surface area contributed by atoms with Gasteiger partial charge in [0.15, 0.2) is 6.10 Å². The lowest BCUT2D eigenvalue weighted by Gasteiger charge is -2.23. The highest BCUT2D eigenvalue weighted by atomic mass is 16.5. The smallest absolute Gasteiger partial charge is 0.329 e. The van der Waals surface area contributed by atoms with Crippen LogP contribution in [0.5, 0.6) is 5.75 Å². The van der Waals surface area contributed by atoms with Crippen LogP contribution in [0, 0.1) is 5.92 Å². The third-order valence-corrected chi connectivity index (χ3v) is 4.36. The maximum Gasteiger partial charge on any atom is 0.329 e. The van der Waals surface area contributed by atoms with Gasteiger partial charge in [0, 0.05) is 11.1 Å². The monoisotopic (exact) mass is 397 g/mol. The minimum absolute atomic E-state index is 0.215. The molecule has 2 aromatic rings. The summed E-state index contributed by atoms with van der Waals surface area (Å²) in [6, 6.07) is 14.4. The summed E-state index contributed by atoms with van der Waals surface area (Å²) in [6.07, 6.45) is -0.950. The number of ether oxygens (including phenoxy) is 2. The summed E-state index contributed by atoms with van der Waals surface area (Å²) in [4.78, 5) is 37.6.